The van der Waals surface area contributed by atoms with E-state index < -0.39 is 30.1 Å². The number of nitrogens with one attached hydrogen (secondary N) is 2. The number of hydrogen-bond donors (Lipinski definition) is 3. The highest BCUT2D eigenvalue weighted by molar-refractivity contribution is 7.98. The highest BCUT2D eigenvalue weighted by atomic mass is 32.2. The van der Waals surface area contributed by atoms with E-state index in [0.29, 0.717) is 25.0 Å². The molecular formula is C26H30N2O5S. The predicted octanol–water partition coefficient (Wildman–Crippen LogP) is 4.02. The van der Waals surface area contributed by atoms with Crippen molar-refractivity contribution in [2.24, 2.45) is 5.92 Å². The molecule has 0 aliphatic heterocycles. The summed E-state index contributed by atoms with van der Waals surface area (Å²) in [5, 5.41) is 14.9. The van der Waals surface area contributed by atoms with Gasteiger partial charge in [0.05, 0.1) is 5.92 Å². The van der Waals surface area contributed by atoms with Gasteiger partial charge in [-0.25, -0.2) is 4.79 Å². The van der Waals surface area contributed by atoms with Crippen molar-refractivity contribution in [2.75, 3.05) is 18.6 Å². The highest BCUT2D eigenvalue weighted by Crippen LogP contribution is 2.44. The lowest BCUT2D eigenvalue weighted by Crippen LogP contribution is -2.51. The summed E-state index contributed by atoms with van der Waals surface area (Å²) in [5.41, 5.74) is 4.53. The number of carbonyl (C=O) groups excluding carboxylic acids is 2. The number of benzene rings is 2. The Hall–Kier alpha value is -3.00. The van der Waals surface area contributed by atoms with E-state index >= 15 is 0 Å². The highest BCUT2D eigenvalue weighted by Gasteiger charge is 2.35. The standard InChI is InChI=1S/C26H30N2O5S/c1-34-14-13-23(24(29)27-22-12-6-11-20(22)25(30)31)28-26(32)33-15-21-18-9-4-2-7-16(18)17-8-3-5-10-19(17)21/h2-5,7-10,20-23H,6,11-15H2,1H3,(H,27,29)(H,28,32)(H,30,31)/t20-,22+,23?/m1/s1. The van der Waals surface area contributed by atoms with E-state index in [9.17, 15) is 19.5 Å². The van der Waals surface area contributed by atoms with Crippen LogP contribution in [-0.2, 0) is 14.3 Å². The third-order valence-electron chi connectivity index (χ3n) is 6.72. The zero-order valence-corrected chi connectivity index (χ0v) is 20.0. The van der Waals surface area contributed by atoms with Gasteiger partial charge >= 0.3 is 12.1 Å². The normalized spacial score (nSPS) is 19.7. The van der Waals surface area contributed by atoms with Crippen molar-refractivity contribution >= 4 is 29.7 Å². The fourth-order valence-corrected chi connectivity index (χ4v) is 5.47. The number of carbonyl (C=O) groups is 3. The van der Waals surface area contributed by atoms with E-state index in [0.717, 1.165) is 28.7 Å². The SMILES string of the molecule is CSCCC(NC(=O)OCC1c2ccccc2-c2ccccc21)C(=O)N[C@H]1CCC[C@H]1C(=O)O. The van der Waals surface area contributed by atoms with Crippen LogP contribution in [0.3, 0.4) is 0 Å². The number of hydrogen-bond acceptors (Lipinski definition) is 5. The molecule has 3 atom stereocenters. The number of carboxylic acid groups (broad SMARTS) is 1. The number of carboxylic acids is 1. The lowest BCUT2D eigenvalue weighted by Gasteiger charge is -2.23. The van der Waals surface area contributed by atoms with E-state index in [-0.39, 0.29) is 18.4 Å². The first-order valence-corrected chi connectivity index (χ1v) is 13.0. The van der Waals surface area contributed by atoms with E-state index in [2.05, 4.69) is 34.9 Å². The Bertz CT molecular complexity index is 1010. The molecule has 0 heterocycles. The summed E-state index contributed by atoms with van der Waals surface area (Å²) in [6.45, 7) is 0.167. The van der Waals surface area contributed by atoms with Gasteiger partial charge in [0.25, 0.3) is 0 Å². The van der Waals surface area contributed by atoms with E-state index in [1.165, 1.54) is 0 Å². The van der Waals surface area contributed by atoms with Gasteiger partial charge in [0.1, 0.15) is 12.6 Å². The Labute approximate surface area is 203 Å². The lowest BCUT2D eigenvalue weighted by atomic mass is 9.98. The Morgan fingerprint density at radius 3 is 2.32 bits per heavy atom. The van der Waals surface area contributed by atoms with E-state index in [1.807, 2.05) is 30.5 Å². The number of thioether (sulfide) groups is 1. The zero-order valence-electron chi connectivity index (χ0n) is 19.2. The summed E-state index contributed by atoms with van der Waals surface area (Å²) in [6.07, 6.45) is 3.65. The Morgan fingerprint density at radius 1 is 1.06 bits per heavy atom. The number of fused-ring (bicyclic) bond motifs is 3. The second kappa shape index (κ2) is 11.0. The molecule has 180 valence electrons. The second-order valence-electron chi connectivity index (χ2n) is 8.79. The maximum absolute atomic E-state index is 12.9. The van der Waals surface area contributed by atoms with Gasteiger partial charge in [-0.3, -0.25) is 9.59 Å². The van der Waals surface area contributed by atoms with Crippen LogP contribution < -0.4 is 10.6 Å². The number of aliphatic carboxylic acids is 1. The molecule has 0 spiro atoms. The zero-order chi connectivity index (χ0) is 24.1. The van der Waals surface area contributed by atoms with Crippen LogP contribution in [0.15, 0.2) is 48.5 Å². The minimum absolute atomic E-state index is 0.0635. The average Bonchev–Trinajstić information content (AvgIpc) is 3.43. The number of alkyl carbamates (subject to hydrolysis) is 1. The van der Waals surface area contributed by atoms with Crippen molar-refractivity contribution in [3.63, 3.8) is 0 Å². The first-order valence-electron chi connectivity index (χ1n) is 11.6. The molecule has 4 rings (SSSR count). The van der Waals surface area contributed by atoms with Gasteiger partial charge < -0.3 is 20.5 Å². The molecule has 34 heavy (non-hydrogen) atoms. The average molecular weight is 483 g/mol. The smallest absolute Gasteiger partial charge is 0.407 e. The van der Waals surface area contributed by atoms with Crippen molar-refractivity contribution in [1.29, 1.82) is 0 Å². The van der Waals surface area contributed by atoms with Crippen molar-refractivity contribution in [3.8, 4) is 11.1 Å². The summed E-state index contributed by atoms with van der Waals surface area (Å²) in [6, 6.07) is 15.0. The molecule has 8 heteroatoms. The fourth-order valence-electron chi connectivity index (χ4n) is 5.00. The third-order valence-corrected chi connectivity index (χ3v) is 7.37. The minimum Gasteiger partial charge on any atom is -0.481 e. The Balaban J connectivity index is 1.39. The van der Waals surface area contributed by atoms with Gasteiger partial charge in [-0.1, -0.05) is 55.0 Å². The maximum Gasteiger partial charge on any atom is 0.407 e. The molecule has 2 aromatic rings. The van der Waals surface area contributed by atoms with Crippen LogP contribution in [0.5, 0.6) is 0 Å². The summed E-state index contributed by atoms with van der Waals surface area (Å²) in [4.78, 5) is 37.1. The van der Waals surface area contributed by atoms with Gasteiger partial charge in [-0.2, -0.15) is 11.8 Å². The van der Waals surface area contributed by atoms with Gasteiger partial charge in [0, 0.05) is 12.0 Å². The lowest BCUT2D eigenvalue weighted by molar-refractivity contribution is -0.142. The molecule has 2 amide bonds. The van der Waals surface area contributed by atoms with E-state index in [1.54, 1.807) is 11.8 Å². The van der Waals surface area contributed by atoms with Crippen LogP contribution >= 0.6 is 11.8 Å². The summed E-state index contributed by atoms with van der Waals surface area (Å²) in [7, 11) is 0. The minimum atomic E-state index is -0.895. The number of amides is 2. The van der Waals surface area contributed by atoms with Crippen LogP contribution in [0.4, 0.5) is 4.79 Å². The second-order valence-corrected chi connectivity index (χ2v) is 9.78. The fraction of sp³-hybridized carbons (Fsp3) is 0.423. The van der Waals surface area contributed by atoms with Crippen LogP contribution in [0.2, 0.25) is 0 Å². The van der Waals surface area contributed by atoms with Gasteiger partial charge in [0.15, 0.2) is 0 Å². The van der Waals surface area contributed by atoms with Crippen LogP contribution in [0, 0.1) is 5.92 Å². The van der Waals surface area contributed by atoms with E-state index in [4.69, 9.17) is 4.74 Å². The van der Waals surface area contributed by atoms with Crippen LogP contribution in [0.25, 0.3) is 11.1 Å². The molecule has 1 unspecified atom stereocenters. The summed E-state index contributed by atoms with van der Waals surface area (Å²) in [5.74, 6) is -1.23. The topological polar surface area (TPSA) is 105 Å². The largest absolute Gasteiger partial charge is 0.481 e. The molecule has 0 aromatic heterocycles. The quantitative estimate of drug-likeness (QED) is 0.499. The number of ether oxygens (including phenoxy) is 1. The van der Waals surface area contributed by atoms with Crippen molar-refractivity contribution in [3.05, 3.63) is 59.7 Å². The molecule has 0 saturated heterocycles. The molecule has 1 saturated carbocycles. The van der Waals surface area contributed by atoms with Crippen molar-refractivity contribution in [2.45, 2.75) is 43.7 Å². The molecular weight excluding hydrogens is 452 g/mol. The van der Waals surface area contributed by atoms with Crippen LogP contribution in [0.1, 0.15) is 42.7 Å². The first-order chi connectivity index (χ1) is 16.5. The molecule has 2 aromatic carbocycles. The Kier molecular flexibility index (Phi) is 7.77. The van der Waals surface area contributed by atoms with Gasteiger partial charge in [-0.05, 0) is 53.5 Å². The third kappa shape index (κ3) is 5.22. The Morgan fingerprint density at radius 2 is 1.71 bits per heavy atom. The molecule has 0 radical (unpaired) electrons. The molecule has 0 bridgehead atoms. The van der Waals surface area contributed by atoms with Gasteiger partial charge in [-0.15, -0.1) is 0 Å². The van der Waals surface area contributed by atoms with Crippen molar-refractivity contribution < 1.29 is 24.2 Å². The molecule has 2 aliphatic carbocycles. The summed E-state index contributed by atoms with van der Waals surface area (Å²) < 4.78 is 5.60. The van der Waals surface area contributed by atoms with Crippen LogP contribution in [-0.4, -0.2) is 53.8 Å². The molecule has 7 nitrogen and oxygen atoms in total. The molecule has 1 fully saturated rings. The monoisotopic (exact) mass is 482 g/mol. The van der Waals surface area contributed by atoms with Gasteiger partial charge in [0.2, 0.25) is 5.91 Å². The van der Waals surface area contributed by atoms with Crippen molar-refractivity contribution in [1.82, 2.24) is 10.6 Å². The maximum atomic E-state index is 12.9. The molecule has 2 aliphatic rings. The summed E-state index contributed by atoms with van der Waals surface area (Å²) >= 11 is 1.57. The first kappa shape index (κ1) is 24.1. The predicted molar refractivity (Wildman–Crippen MR) is 132 cm³/mol. The molecule has 3 N–H and O–H groups in total. The number of rotatable bonds is 9.